The molecule has 0 radical (unpaired) electrons. The summed E-state index contributed by atoms with van der Waals surface area (Å²) in [5.41, 5.74) is 0.363. The number of tetrazole rings is 1. The Morgan fingerprint density at radius 3 is 2.76 bits per heavy atom. The van der Waals surface area contributed by atoms with Gasteiger partial charge in [0.05, 0.1) is 11.5 Å². The van der Waals surface area contributed by atoms with Crippen LogP contribution in [0.5, 0.6) is 0 Å². The minimum absolute atomic E-state index is 0.0851. The Kier molecular flexibility index (Phi) is 4.25. The molecule has 0 saturated heterocycles. The third kappa shape index (κ3) is 3.21. The van der Waals surface area contributed by atoms with E-state index < -0.39 is 23.5 Å². The van der Waals surface area contributed by atoms with Crippen LogP contribution in [0.25, 0.3) is 11.4 Å². The minimum Gasteiger partial charge on any atom is -0.481 e. The van der Waals surface area contributed by atoms with Gasteiger partial charge in [-0.15, -0.1) is 5.10 Å². The molecular weight excluding hydrogens is 282 g/mol. The van der Waals surface area contributed by atoms with E-state index in [4.69, 9.17) is 5.11 Å². The van der Waals surface area contributed by atoms with Gasteiger partial charge in [-0.25, -0.2) is 13.5 Å². The quantitative estimate of drug-likeness (QED) is 0.913. The van der Waals surface area contributed by atoms with Crippen molar-refractivity contribution in [2.24, 2.45) is 5.92 Å². The summed E-state index contributed by atoms with van der Waals surface area (Å²) in [5, 5.41) is 19.8. The first-order valence-corrected chi connectivity index (χ1v) is 6.35. The molecule has 6 nitrogen and oxygen atoms in total. The van der Waals surface area contributed by atoms with Gasteiger partial charge in [0.1, 0.15) is 11.6 Å². The number of carboxylic acids is 1. The topological polar surface area (TPSA) is 80.9 Å². The molecule has 0 spiro atoms. The Morgan fingerprint density at radius 1 is 1.38 bits per heavy atom. The monoisotopic (exact) mass is 296 g/mol. The van der Waals surface area contributed by atoms with Gasteiger partial charge < -0.3 is 5.11 Å². The molecular formula is C13H14F2N4O2. The second-order valence-electron chi connectivity index (χ2n) is 4.83. The lowest BCUT2D eigenvalue weighted by Gasteiger charge is -2.09. The van der Waals surface area contributed by atoms with E-state index in [1.165, 1.54) is 17.7 Å². The summed E-state index contributed by atoms with van der Waals surface area (Å²) in [4.78, 5) is 10.8. The number of aromatic nitrogens is 4. The Balaban J connectivity index is 2.28. The molecule has 8 heteroatoms. The van der Waals surface area contributed by atoms with Crippen LogP contribution >= 0.6 is 0 Å². The van der Waals surface area contributed by atoms with Crippen molar-refractivity contribution in [3.8, 4) is 11.4 Å². The molecule has 0 aliphatic rings. The maximum Gasteiger partial charge on any atom is 0.306 e. The van der Waals surface area contributed by atoms with E-state index in [1.54, 1.807) is 6.92 Å². The number of nitrogens with zero attached hydrogens (tertiary/aromatic N) is 4. The van der Waals surface area contributed by atoms with Crippen LogP contribution < -0.4 is 0 Å². The van der Waals surface area contributed by atoms with Crippen LogP contribution in [0.15, 0.2) is 12.1 Å². The SMILES string of the molecule is Cc1cc(-c2nnnn2CCC(C)C(=O)O)c(F)cc1F. The number of hydrogen-bond acceptors (Lipinski definition) is 4. The Bertz CT molecular complexity index is 672. The molecule has 0 fully saturated rings. The summed E-state index contributed by atoms with van der Waals surface area (Å²) in [7, 11) is 0. The van der Waals surface area contributed by atoms with E-state index in [1.807, 2.05) is 0 Å². The van der Waals surface area contributed by atoms with E-state index in [0.29, 0.717) is 6.42 Å². The molecule has 0 aliphatic carbocycles. The maximum absolute atomic E-state index is 13.9. The van der Waals surface area contributed by atoms with E-state index >= 15 is 0 Å². The van der Waals surface area contributed by atoms with Gasteiger partial charge in [0.15, 0.2) is 5.82 Å². The molecule has 2 aromatic rings. The van der Waals surface area contributed by atoms with Crippen molar-refractivity contribution in [3.63, 3.8) is 0 Å². The van der Waals surface area contributed by atoms with Crippen molar-refractivity contribution in [2.45, 2.75) is 26.8 Å². The highest BCUT2D eigenvalue weighted by Gasteiger charge is 2.17. The van der Waals surface area contributed by atoms with Crippen LogP contribution in [0, 0.1) is 24.5 Å². The summed E-state index contributed by atoms with van der Waals surface area (Å²) >= 11 is 0. The molecule has 0 bridgehead atoms. The highest BCUT2D eigenvalue weighted by molar-refractivity contribution is 5.69. The van der Waals surface area contributed by atoms with E-state index in [2.05, 4.69) is 15.5 Å². The first-order valence-electron chi connectivity index (χ1n) is 6.35. The second kappa shape index (κ2) is 5.94. The zero-order chi connectivity index (χ0) is 15.6. The molecule has 1 aromatic carbocycles. The van der Waals surface area contributed by atoms with Gasteiger partial charge in [0, 0.05) is 12.6 Å². The van der Waals surface area contributed by atoms with Crippen molar-refractivity contribution in [3.05, 3.63) is 29.3 Å². The van der Waals surface area contributed by atoms with Crippen molar-refractivity contribution < 1.29 is 18.7 Å². The number of halogens is 2. The number of carbonyl (C=O) groups is 1. The molecule has 2 rings (SSSR count). The number of carboxylic acid groups (broad SMARTS) is 1. The summed E-state index contributed by atoms with van der Waals surface area (Å²) < 4.78 is 28.5. The molecule has 1 unspecified atom stereocenters. The summed E-state index contributed by atoms with van der Waals surface area (Å²) in [6, 6.07) is 2.11. The molecule has 1 N–H and O–H groups in total. The fraction of sp³-hybridized carbons (Fsp3) is 0.385. The van der Waals surface area contributed by atoms with Crippen LogP contribution in [0.4, 0.5) is 8.78 Å². The lowest BCUT2D eigenvalue weighted by atomic mass is 10.1. The minimum atomic E-state index is -0.923. The van der Waals surface area contributed by atoms with Crippen molar-refractivity contribution in [1.29, 1.82) is 0 Å². The van der Waals surface area contributed by atoms with E-state index in [0.717, 1.165) is 6.07 Å². The van der Waals surface area contributed by atoms with Gasteiger partial charge in [-0.05, 0) is 35.4 Å². The van der Waals surface area contributed by atoms with E-state index in [-0.39, 0.29) is 23.5 Å². The summed E-state index contributed by atoms with van der Waals surface area (Å²) in [5.74, 6) is -2.75. The lowest BCUT2D eigenvalue weighted by molar-refractivity contribution is -0.141. The summed E-state index contributed by atoms with van der Waals surface area (Å²) in [6.07, 6.45) is 0.301. The van der Waals surface area contributed by atoms with Gasteiger partial charge in [0.2, 0.25) is 0 Å². The molecule has 1 heterocycles. The fourth-order valence-electron chi connectivity index (χ4n) is 1.82. The van der Waals surface area contributed by atoms with Crippen LogP contribution in [-0.4, -0.2) is 31.3 Å². The highest BCUT2D eigenvalue weighted by Crippen LogP contribution is 2.23. The largest absolute Gasteiger partial charge is 0.481 e. The fourth-order valence-corrected chi connectivity index (χ4v) is 1.82. The second-order valence-corrected chi connectivity index (χ2v) is 4.83. The maximum atomic E-state index is 13.9. The first kappa shape index (κ1) is 15.0. The number of aryl methyl sites for hydroxylation is 2. The van der Waals surface area contributed by atoms with Crippen molar-refractivity contribution >= 4 is 5.97 Å². The Labute approximate surface area is 119 Å². The third-order valence-corrected chi connectivity index (χ3v) is 3.22. The molecule has 1 atom stereocenters. The standard InChI is InChI=1S/C13H14F2N4O2/c1-7(13(20)21)3-4-19-12(16-17-18-19)9-5-8(2)10(14)6-11(9)15/h5-7H,3-4H2,1-2H3,(H,20,21). The van der Waals surface area contributed by atoms with Gasteiger partial charge >= 0.3 is 5.97 Å². The van der Waals surface area contributed by atoms with Crippen LogP contribution in [0.1, 0.15) is 18.9 Å². The zero-order valence-electron chi connectivity index (χ0n) is 11.5. The zero-order valence-corrected chi connectivity index (χ0v) is 11.5. The molecule has 0 aliphatic heterocycles. The predicted octanol–water partition coefficient (Wildman–Crippen LogP) is 2.04. The third-order valence-electron chi connectivity index (χ3n) is 3.22. The highest BCUT2D eigenvalue weighted by atomic mass is 19.1. The lowest BCUT2D eigenvalue weighted by Crippen LogP contribution is -2.14. The number of rotatable bonds is 5. The van der Waals surface area contributed by atoms with Gasteiger partial charge in [-0.2, -0.15) is 0 Å². The first-order chi connectivity index (χ1) is 9.90. The van der Waals surface area contributed by atoms with Crippen LogP contribution in [-0.2, 0) is 11.3 Å². The smallest absolute Gasteiger partial charge is 0.306 e. The Hall–Kier alpha value is -2.38. The molecule has 21 heavy (non-hydrogen) atoms. The average molecular weight is 296 g/mol. The molecule has 112 valence electrons. The predicted molar refractivity (Wildman–Crippen MR) is 69.3 cm³/mol. The van der Waals surface area contributed by atoms with Gasteiger partial charge in [0.25, 0.3) is 0 Å². The molecule has 0 saturated carbocycles. The van der Waals surface area contributed by atoms with Gasteiger partial charge in [-0.1, -0.05) is 6.92 Å². The average Bonchev–Trinajstić information content (AvgIpc) is 2.88. The van der Waals surface area contributed by atoms with Crippen LogP contribution in [0.2, 0.25) is 0 Å². The van der Waals surface area contributed by atoms with Gasteiger partial charge in [-0.3, -0.25) is 4.79 Å². The number of aliphatic carboxylic acids is 1. The molecule has 1 aromatic heterocycles. The molecule has 0 amide bonds. The van der Waals surface area contributed by atoms with Crippen LogP contribution in [0.3, 0.4) is 0 Å². The number of benzene rings is 1. The summed E-state index contributed by atoms with van der Waals surface area (Å²) in [6.45, 7) is 3.31. The van der Waals surface area contributed by atoms with E-state index in [9.17, 15) is 13.6 Å². The normalized spacial score (nSPS) is 12.4. The number of hydrogen-bond donors (Lipinski definition) is 1. The van der Waals surface area contributed by atoms with Crippen molar-refractivity contribution in [2.75, 3.05) is 0 Å². The van der Waals surface area contributed by atoms with Crippen molar-refractivity contribution in [1.82, 2.24) is 20.2 Å². The Morgan fingerprint density at radius 2 is 2.10 bits per heavy atom.